The molecule has 1 N–H and O–H groups in total. The maximum absolute atomic E-state index is 12.8. The highest BCUT2D eigenvalue weighted by Gasteiger charge is 2.31. The monoisotopic (exact) mass is 423 g/mol. The lowest BCUT2D eigenvalue weighted by atomic mass is 10.1. The first-order valence-electron chi connectivity index (χ1n) is 8.92. The summed E-state index contributed by atoms with van der Waals surface area (Å²) in [6, 6.07) is 13.4. The fourth-order valence-corrected chi connectivity index (χ4v) is 4.20. The van der Waals surface area contributed by atoms with E-state index < -0.39 is 16.1 Å². The number of anilines is 2. The quantitative estimate of drug-likeness (QED) is 0.707. The van der Waals surface area contributed by atoms with E-state index in [9.17, 15) is 13.2 Å². The van der Waals surface area contributed by atoms with Crippen LogP contribution in [0.4, 0.5) is 11.4 Å². The molecule has 0 spiro atoms. The van der Waals surface area contributed by atoms with E-state index in [1.807, 2.05) is 43.3 Å². The number of carbonyl (C=O) groups is 1. The number of benzene rings is 2. The van der Waals surface area contributed by atoms with Crippen LogP contribution in [0.3, 0.4) is 0 Å². The van der Waals surface area contributed by atoms with Crippen molar-refractivity contribution in [2.24, 2.45) is 0 Å². The zero-order chi connectivity index (χ0) is 20.9. The fraction of sp³-hybridized carbons (Fsp3) is 0.350. The summed E-state index contributed by atoms with van der Waals surface area (Å²) in [5, 5.41) is 3.34. The van der Waals surface area contributed by atoms with Crippen LogP contribution in [0.25, 0.3) is 0 Å². The molecule has 0 aromatic heterocycles. The van der Waals surface area contributed by atoms with Gasteiger partial charge in [0.15, 0.2) is 0 Å². The Bertz CT molecular complexity index is 897. The van der Waals surface area contributed by atoms with Crippen LogP contribution < -0.4 is 14.5 Å². The van der Waals surface area contributed by atoms with Crippen LogP contribution in [0.2, 0.25) is 5.02 Å². The van der Waals surface area contributed by atoms with Gasteiger partial charge in [0.25, 0.3) is 0 Å². The summed E-state index contributed by atoms with van der Waals surface area (Å²) in [5.41, 5.74) is 2.41. The smallest absolute Gasteiger partial charge is 0.244 e. The molecule has 8 heteroatoms. The van der Waals surface area contributed by atoms with Gasteiger partial charge in [-0.2, -0.15) is 0 Å². The van der Waals surface area contributed by atoms with Crippen molar-refractivity contribution < 1.29 is 13.2 Å². The standard InChI is InChI=1S/C20H26ClN3O3S/c1-5-19(24(28(4,26)27)18-12-8-16(21)9-13-18)20(25)22-14-15-6-10-17(11-7-15)23(2)3/h6-13,19H,5,14H2,1-4H3,(H,22,25). The summed E-state index contributed by atoms with van der Waals surface area (Å²) in [4.78, 5) is 14.8. The molecule has 2 aromatic rings. The van der Waals surface area contributed by atoms with E-state index in [4.69, 9.17) is 11.6 Å². The molecule has 2 aromatic carbocycles. The molecule has 0 aliphatic carbocycles. The van der Waals surface area contributed by atoms with Gasteiger partial charge in [0.1, 0.15) is 6.04 Å². The van der Waals surface area contributed by atoms with Gasteiger partial charge in [-0.15, -0.1) is 0 Å². The summed E-state index contributed by atoms with van der Waals surface area (Å²) in [5.74, 6) is -0.348. The molecular weight excluding hydrogens is 398 g/mol. The van der Waals surface area contributed by atoms with Crippen molar-refractivity contribution in [1.29, 1.82) is 0 Å². The Balaban J connectivity index is 2.18. The third kappa shape index (κ3) is 5.62. The van der Waals surface area contributed by atoms with Crippen molar-refractivity contribution in [3.05, 3.63) is 59.1 Å². The Morgan fingerprint density at radius 3 is 2.04 bits per heavy atom. The third-order valence-electron chi connectivity index (χ3n) is 4.33. The highest BCUT2D eigenvalue weighted by atomic mass is 35.5. The molecule has 0 aliphatic heterocycles. The van der Waals surface area contributed by atoms with Crippen molar-refractivity contribution in [2.45, 2.75) is 25.9 Å². The van der Waals surface area contributed by atoms with E-state index in [2.05, 4.69) is 5.32 Å². The van der Waals surface area contributed by atoms with Crippen LogP contribution in [-0.2, 0) is 21.4 Å². The highest BCUT2D eigenvalue weighted by Crippen LogP contribution is 2.24. The average molecular weight is 424 g/mol. The molecule has 6 nitrogen and oxygen atoms in total. The number of sulfonamides is 1. The van der Waals surface area contributed by atoms with E-state index in [1.165, 1.54) is 0 Å². The highest BCUT2D eigenvalue weighted by molar-refractivity contribution is 7.92. The number of rotatable bonds is 8. The molecular formula is C20H26ClN3O3S. The van der Waals surface area contributed by atoms with Crippen LogP contribution in [0.15, 0.2) is 48.5 Å². The number of nitrogens with one attached hydrogen (secondary N) is 1. The number of amides is 1. The first-order valence-corrected chi connectivity index (χ1v) is 11.1. The van der Waals surface area contributed by atoms with E-state index in [0.29, 0.717) is 23.7 Å². The van der Waals surface area contributed by atoms with Gasteiger partial charge < -0.3 is 10.2 Å². The average Bonchev–Trinajstić information content (AvgIpc) is 2.64. The first kappa shape index (κ1) is 22.0. The number of hydrogen-bond acceptors (Lipinski definition) is 4. The Morgan fingerprint density at radius 2 is 1.57 bits per heavy atom. The second-order valence-corrected chi connectivity index (χ2v) is 9.03. The van der Waals surface area contributed by atoms with Crippen LogP contribution in [-0.4, -0.2) is 40.7 Å². The zero-order valence-corrected chi connectivity index (χ0v) is 18.1. The summed E-state index contributed by atoms with van der Waals surface area (Å²) in [6.07, 6.45) is 1.43. The van der Waals surface area contributed by atoms with Gasteiger partial charge in [-0.05, 0) is 48.4 Å². The van der Waals surface area contributed by atoms with Gasteiger partial charge in [0.05, 0.1) is 11.9 Å². The predicted molar refractivity (Wildman–Crippen MR) is 115 cm³/mol. The Labute approximate surface area is 172 Å². The Kier molecular flexibility index (Phi) is 7.32. The topological polar surface area (TPSA) is 69.7 Å². The van der Waals surface area contributed by atoms with Gasteiger partial charge in [-0.25, -0.2) is 8.42 Å². The molecule has 0 bridgehead atoms. The molecule has 1 amide bonds. The van der Waals surface area contributed by atoms with Gasteiger partial charge >= 0.3 is 0 Å². The molecule has 1 unspecified atom stereocenters. The van der Waals surface area contributed by atoms with Gasteiger partial charge in [-0.3, -0.25) is 9.10 Å². The number of carbonyl (C=O) groups excluding carboxylic acids is 1. The van der Waals surface area contributed by atoms with E-state index in [0.717, 1.165) is 21.8 Å². The molecule has 0 aliphatic rings. The molecule has 0 heterocycles. The lowest BCUT2D eigenvalue weighted by molar-refractivity contribution is -0.122. The minimum absolute atomic E-state index is 0.321. The van der Waals surface area contributed by atoms with Crippen molar-refractivity contribution in [2.75, 3.05) is 29.6 Å². The van der Waals surface area contributed by atoms with Gasteiger partial charge in [0.2, 0.25) is 15.9 Å². The molecule has 0 fully saturated rings. The second kappa shape index (κ2) is 9.30. The van der Waals surface area contributed by atoms with Crippen LogP contribution in [0.5, 0.6) is 0 Å². The predicted octanol–water partition coefficient (Wildman–Crippen LogP) is 3.27. The van der Waals surface area contributed by atoms with E-state index in [1.54, 1.807) is 31.2 Å². The minimum atomic E-state index is -3.66. The molecule has 0 saturated carbocycles. The normalized spacial score (nSPS) is 12.3. The summed E-state index contributed by atoms with van der Waals surface area (Å²) < 4.78 is 26.0. The summed E-state index contributed by atoms with van der Waals surface area (Å²) >= 11 is 5.90. The van der Waals surface area contributed by atoms with E-state index >= 15 is 0 Å². The molecule has 0 saturated heterocycles. The van der Waals surface area contributed by atoms with Crippen molar-refractivity contribution in [3.8, 4) is 0 Å². The van der Waals surface area contributed by atoms with Crippen LogP contribution in [0, 0.1) is 0 Å². The fourth-order valence-electron chi connectivity index (χ4n) is 2.87. The third-order valence-corrected chi connectivity index (χ3v) is 5.76. The number of hydrogen-bond donors (Lipinski definition) is 1. The second-order valence-electron chi connectivity index (χ2n) is 6.74. The molecule has 28 heavy (non-hydrogen) atoms. The SMILES string of the molecule is CCC(C(=O)NCc1ccc(N(C)C)cc1)N(c1ccc(Cl)cc1)S(C)(=O)=O. The zero-order valence-electron chi connectivity index (χ0n) is 16.5. The molecule has 1 atom stereocenters. The minimum Gasteiger partial charge on any atom is -0.378 e. The lowest BCUT2D eigenvalue weighted by Gasteiger charge is -2.30. The number of nitrogens with zero attached hydrogens (tertiary/aromatic N) is 2. The van der Waals surface area contributed by atoms with Crippen LogP contribution >= 0.6 is 11.6 Å². The number of halogens is 1. The summed E-state index contributed by atoms with van der Waals surface area (Å²) in [6.45, 7) is 2.10. The lowest BCUT2D eigenvalue weighted by Crippen LogP contribution is -2.49. The first-order chi connectivity index (χ1) is 13.1. The van der Waals surface area contributed by atoms with Gasteiger partial charge in [0, 0.05) is 31.4 Å². The van der Waals surface area contributed by atoms with E-state index in [-0.39, 0.29) is 5.91 Å². The van der Waals surface area contributed by atoms with Gasteiger partial charge in [-0.1, -0.05) is 30.7 Å². The summed E-state index contributed by atoms with van der Waals surface area (Å²) in [7, 11) is 0.254. The maximum atomic E-state index is 12.8. The van der Waals surface area contributed by atoms with Crippen molar-refractivity contribution in [3.63, 3.8) is 0 Å². The van der Waals surface area contributed by atoms with Crippen molar-refractivity contribution >= 4 is 38.9 Å². The van der Waals surface area contributed by atoms with Crippen LogP contribution in [0.1, 0.15) is 18.9 Å². The molecule has 152 valence electrons. The largest absolute Gasteiger partial charge is 0.378 e. The Morgan fingerprint density at radius 1 is 1.04 bits per heavy atom. The molecule has 0 radical (unpaired) electrons. The maximum Gasteiger partial charge on any atom is 0.244 e. The Hall–Kier alpha value is -2.25. The molecule has 2 rings (SSSR count). The van der Waals surface area contributed by atoms with Crippen molar-refractivity contribution in [1.82, 2.24) is 5.32 Å².